The number of ether oxygens (including phenoxy) is 1. The van der Waals surface area contributed by atoms with E-state index in [-0.39, 0.29) is 12.4 Å². The molecular formula is C12H10F2N2O. The first-order chi connectivity index (χ1) is 8.16. The van der Waals surface area contributed by atoms with Crippen LogP contribution in [0.1, 0.15) is 5.56 Å². The van der Waals surface area contributed by atoms with Crippen LogP contribution in [-0.4, -0.2) is 4.98 Å². The molecule has 0 saturated carbocycles. The summed E-state index contributed by atoms with van der Waals surface area (Å²) >= 11 is 0. The number of pyridine rings is 1. The van der Waals surface area contributed by atoms with Gasteiger partial charge in [-0.05, 0) is 29.8 Å². The number of nitrogen functional groups attached to an aromatic ring is 1. The standard InChI is InChI=1S/C12H10F2N2O/c13-9-4-3-8(6-10(9)14)7-17-11-2-1-5-16-12(11)15/h1-6H,7H2,(H2,15,16). The molecular weight excluding hydrogens is 226 g/mol. The first-order valence-corrected chi connectivity index (χ1v) is 4.94. The van der Waals surface area contributed by atoms with Gasteiger partial charge >= 0.3 is 0 Å². The molecule has 0 amide bonds. The van der Waals surface area contributed by atoms with Crippen LogP contribution >= 0.6 is 0 Å². The number of anilines is 1. The Bertz CT molecular complexity index is 532. The van der Waals surface area contributed by atoms with Gasteiger partial charge in [0.25, 0.3) is 0 Å². The molecule has 0 saturated heterocycles. The highest BCUT2D eigenvalue weighted by atomic mass is 19.2. The Hall–Kier alpha value is -2.17. The third-order valence-corrected chi connectivity index (χ3v) is 2.18. The molecule has 0 unspecified atom stereocenters. The van der Waals surface area contributed by atoms with Gasteiger partial charge in [-0.2, -0.15) is 0 Å². The van der Waals surface area contributed by atoms with E-state index in [0.717, 1.165) is 12.1 Å². The van der Waals surface area contributed by atoms with Crippen LogP contribution in [0.4, 0.5) is 14.6 Å². The summed E-state index contributed by atoms with van der Waals surface area (Å²) in [6.45, 7) is 0.104. The predicted octanol–water partition coefficient (Wildman–Crippen LogP) is 2.52. The maximum absolute atomic E-state index is 12.9. The van der Waals surface area contributed by atoms with Crippen molar-refractivity contribution in [2.75, 3.05) is 5.73 Å². The van der Waals surface area contributed by atoms with Gasteiger partial charge in [0.1, 0.15) is 6.61 Å². The second-order valence-electron chi connectivity index (χ2n) is 3.42. The van der Waals surface area contributed by atoms with Crippen molar-refractivity contribution in [1.82, 2.24) is 4.98 Å². The second-order valence-corrected chi connectivity index (χ2v) is 3.42. The van der Waals surface area contributed by atoms with Crippen molar-refractivity contribution >= 4 is 5.82 Å². The summed E-state index contributed by atoms with van der Waals surface area (Å²) in [7, 11) is 0. The number of nitrogens with zero attached hydrogens (tertiary/aromatic N) is 1. The number of halogens is 2. The van der Waals surface area contributed by atoms with Crippen LogP contribution in [0, 0.1) is 11.6 Å². The summed E-state index contributed by atoms with van der Waals surface area (Å²) in [6.07, 6.45) is 1.54. The van der Waals surface area contributed by atoms with Crippen LogP contribution in [0.3, 0.4) is 0 Å². The van der Waals surface area contributed by atoms with E-state index in [1.807, 2.05) is 0 Å². The molecule has 2 rings (SSSR count). The third-order valence-electron chi connectivity index (χ3n) is 2.18. The van der Waals surface area contributed by atoms with Gasteiger partial charge in [-0.15, -0.1) is 0 Å². The summed E-state index contributed by atoms with van der Waals surface area (Å²) in [4.78, 5) is 3.84. The molecule has 1 aromatic carbocycles. The van der Waals surface area contributed by atoms with E-state index in [1.54, 1.807) is 18.3 Å². The molecule has 1 aromatic heterocycles. The lowest BCUT2D eigenvalue weighted by molar-refractivity contribution is 0.306. The van der Waals surface area contributed by atoms with Crippen LogP contribution in [0.2, 0.25) is 0 Å². The maximum Gasteiger partial charge on any atom is 0.166 e. The fourth-order valence-corrected chi connectivity index (χ4v) is 1.32. The molecule has 2 aromatic rings. The van der Waals surface area contributed by atoms with E-state index < -0.39 is 11.6 Å². The Morgan fingerprint density at radius 1 is 1.18 bits per heavy atom. The number of rotatable bonds is 3. The van der Waals surface area contributed by atoms with E-state index >= 15 is 0 Å². The zero-order chi connectivity index (χ0) is 12.3. The smallest absolute Gasteiger partial charge is 0.166 e. The average molecular weight is 236 g/mol. The molecule has 0 spiro atoms. The average Bonchev–Trinajstić information content (AvgIpc) is 2.32. The van der Waals surface area contributed by atoms with Crippen molar-refractivity contribution in [2.24, 2.45) is 0 Å². The van der Waals surface area contributed by atoms with Gasteiger partial charge < -0.3 is 10.5 Å². The molecule has 0 radical (unpaired) electrons. The Morgan fingerprint density at radius 2 is 2.00 bits per heavy atom. The first-order valence-electron chi connectivity index (χ1n) is 4.94. The SMILES string of the molecule is Nc1ncccc1OCc1ccc(F)c(F)c1. The van der Waals surface area contributed by atoms with Crippen molar-refractivity contribution in [2.45, 2.75) is 6.61 Å². The third kappa shape index (κ3) is 2.69. The molecule has 0 aliphatic rings. The summed E-state index contributed by atoms with van der Waals surface area (Å²) in [5, 5.41) is 0. The number of aromatic nitrogens is 1. The van der Waals surface area contributed by atoms with Crippen molar-refractivity contribution in [3.63, 3.8) is 0 Å². The van der Waals surface area contributed by atoms with Crippen molar-refractivity contribution in [3.8, 4) is 5.75 Å². The number of hydrogen-bond donors (Lipinski definition) is 1. The predicted molar refractivity (Wildman–Crippen MR) is 59.3 cm³/mol. The van der Waals surface area contributed by atoms with Gasteiger partial charge in [0, 0.05) is 6.20 Å². The van der Waals surface area contributed by atoms with E-state index in [0.29, 0.717) is 11.3 Å². The highest BCUT2D eigenvalue weighted by Gasteiger charge is 2.04. The number of benzene rings is 1. The first kappa shape index (κ1) is 11.3. The zero-order valence-electron chi connectivity index (χ0n) is 8.86. The van der Waals surface area contributed by atoms with Crippen LogP contribution in [0.15, 0.2) is 36.5 Å². The minimum atomic E-state index is -0.898. The number of nitrogens with two attached hydrogens (primary N) is 1. The van der Waals surface area contributed by atoms with Crippen molar-refractivity contribution < 1.29 is 13.5 Å². The summed E-state index contributed by atoms with van der Waals surface area (Å²) in [5.74, 6) is -1.10. The van der Waals surface area contributed by atoms with Crippen LogP contribution in [-0.2, 0) is 6.61 Å². The van der Waals surface area contributed by atoms with E-state index in [2.05, 4.69) is 4.98 Å². The Balaban J connectivity index is 2.08. The lowest BCUT2D eigenvalue weighted by atomic mass is 10.2. The lowest BCUT2D eigenvalue weighted by Gasteiger charge is -2.07. The maximum atomic E-state index is 12.9. The Morgan fingerprint density at radius 3 is 2.71 bits per heavy atom. The molecule has 2 N–H and O–H groups in total. The largest absolute Gasteiger partial charge is 0.485 e. The van der Waals surface area contributed by atoms with Gasteiger partial charge in [-0.25, -0.2) is 13.8 Å². The van der Waals surface area contributed by atoms with Gasteiger partial charge in [-0.3, -0.25) is 0 Å². The summed E-state index contributed by atoms with van der Waals surface area (Å²) in [6, 6.07) is 6.92. The van der Waals surface area contributed by atoms with Gasteiger partial charge in [0.2, 0.25) is 0 Å². The molecule has 0 aliphatic carbocycles. The van der Waals surface area contributed by atoms with E-state index in [4.69, 9.17) is 10.5 Å². The topological polar surface area (TPSA) is 48.1 Å². The molecule has 5 heteroatoms. The zero-order valence-corrected chi connectivity index (χ0v) is 8.86. The normalized spacial score (nSPS) is 10.2. The highest BCUT2D eigenvalue weighted by molar-refractivity contribution is 5.44. The Kier molecular flexibility index (Phi) is 3.18. The van der Waals surface area contributed by atoms with Crippen LogP contribution in [0.5, 0.6) is 5.75 Å². The van der Waals surface area contributed by atoms with Crippen molar-refractivity contribution in [1.29, 1.82) is 0 Å². The fourth-order valence-electron chi connectivity index (χ4n) is 1.32. The minimum Gasteiger partial charge on any atom is -0.485 e. The van der Waals surface area contributed by atoms with E-state index in [1.165, 1.54) is 6.07 Å². The second kappa shape index (κ2) is 4.78. The quantitative estimate of drug-likeness (QED) is 0.890. The molecule has 0 atom stereocenters. The van der Waals surface area contributed by atoms with Gasteiger partial charge in [-0.1, -0.05) is 6.07 Å². The Labute approximate surface area is 96.9 Å². The van der Waals surface area contributed by atoms with Gasteiger partial charge in [0.15, 0.2) is 23.2 Å². The molecule has 0 bridgehead atoms. The molecule has 88 valence electrons. The summed E-state index contributed by atoms with van der Waals surface area (Å²) < 4.78 is 30.9. The fraction of sp³-hybridized carbons (Fsp3) is 0.0833. The number of hydrogen-bond acceptors (Lipinski definition) is 3. The molecule has 0 aliphatic heterocycles. The van der Waals surface area contributed by atoms with Crippen molar-refractivity contribution in [3.05, 3.63) is 53.7 Å². The van der Waals surface area contributed by atoms with Crippen LogP contribution in [0.25, 0.3) is 0 Å². The minimum absolute atomic E-state index is 0.104. The monoisotopic (exact) mass is 236 g/mol. The molecule has 17 heavy (non-hydrogen) atoms. The summed E-state index contributed by atoms with van der Waals surface area (Å²) in [5.41, 5.74) is 6.09. The molecule has 3 nitrogen and oxygen atoms in total. The lowest BCUT2D eigenvalue weighted by Crippen LogP contribution is -2.00. The molecule has 1 heterocycles. The molecule has 0 fully saturated rings. The highest BCUT2D eigenvalue weighted by Crippen LogP contribution is 2.19. The van der Waals surface area contributed by atoms with Gasteiger partial charge in [0.05, 0.1) is 0 Å². The van der Waals surface area contributed by atoms with E-state index in [9.17, 15) is 8.78 Å². The van der Waals surface area contributed by atoms with Crippen LogP contribution < -0.4 is 10.5 Å².